The molecule has 2 rings (SSSR count). The van der Waals surface area contributed by atoms with E-state index in [0.29, 0.717) is 24.5 Å². The summed E-state index contributed by atoms with van der Waals surface area (Å²) in [5, 5.41) is 2.68. The molecule has 0 saturated carbocycles. The van der Waals surface area contributed by atoms with E-state index in [2.05, 4.69) is 5.32 Å². The maximum absolute atomic E-state index is 11.8. The van der Waals surface area contributed by atoms with Gasteiger partial charge in [0.2, 0.25) is 11.8 Å². The molecule has 0 aliphatic carbocycles. The zero-order chi connectivity index (χ0) is 13.0. The fourth-order valence-corrected chi connectivity index (χ4v) is 1.69. The van der Waals surface area contributed by atoms with Gasteiger partial charge in [-0.05, 0) is 12.1 Å². The first kappa shape index (κ1) is 12.4. The number of para-hydroxylation sites is 2. The number of nitrogen functional groups attached to an aromatic ring is 1. The van der Waals surface area contributed by atoms with Crippen LogP contribution in [0.3, 0.4) is 0 Å². The number of benzene rings is 1. The van der Waals surface area contributed by atoms with Gasteiger partial charge >= 0.3 is 0 Å². The summed E-state index contributed by atoms with van der Waals surface area (Å²) < 4.78 is 4.99. The predicted octanol–water partition coefficient (Wildman–Crippen LogP) is 0.0661. The third-order valence-corrected chi connectivity index (χ3v) is 2.65. The lowest BCUT2D eigenvalue weighted by molar-refractivity contribution is -0.144. The van der Waals surface area contributed by atoms with E-state index in [0.717, 1.165) is 0 Å². The normalized spacial score (nSPS) is 15.6. The van der Waals surface area contributed by atoms with E-state index in [-0.39, 0.29) is 25.0 Å². The largest absolute Gasteiger partial charge is 0.397 e. The maximum atomic E-state index is 11.8. The Morgan fingerprint density at radius 1 is 1.44 bits per heavy atom. The standard InChI is InChI=1S/C12H15N3O3/c13-9-3-1-2-4-10(9)14-11(16)7-15-5-6-18-8-12(15)17/h1-4H,5-8,13H2,(H,14,16). The summed E-state index contributed by atoms with van der Waals surface area (Å²) in [4.78, 5) is 24.7. The van der Waals surface area contributed by atoms with E-state index in [1.165, 1.54) is 4.90 Å². The highest BCUT2D eigenvalue weighted by molar-refractivity contribution is 5.96. The summed E-state index contributed by atoms with van der Waals surface area (Å²) >= 11 is 0. The molecule has 0 radical (unpaired) electrons. The number of rotatable bonds is 3. The van der Waals surface area contributed by atoms with Gasteiger partial charge in [-0.2, -0.15) is 0 Å². The van der Waals surface area contributed by atoms with E-state index >= 15 is 0 Å². The molecule has 0 atom stereocenters. The molecule has 6 nitrogen and oxygen atoms in total. The van der Waals surface area contributed by atoms with Crippen molar-refractivity contribution in [2.45, 2.75) is 0 Å². The Bertz CT molecular complexity index is 462. The second kappa shape index (κ2) is 5.50. The fraction of sp³-hybridized carbons (Fsp3) is 0.333. The van der Waals surface area contributed by atoms with Crippen molar-refractivity contribution in [2.75, 3.05) is 37.4 Å². The van der Waals surface area contributed by atoms with Gasteiger partial charge in [-0.3, -0.25) is 9.59 Å². The minimum Gasteiger partial charge on any atom is -0.397 e. The zero-order valence-corrected chi connectivity index (χ0v) is 9.89. The van der Waals surface area contributed by atoms with Crippen LogP contribution in [0, 0.1) is 0 Å². The van der Waals surface area contributed by atoms with Crippen molar-refractivity contribution in [3.05, 3.63) is 24.3 Å². The van der Waals surface area contributed by atoms with Gasteiger partial charge in [0.1, 0.15) is 13.2 Å². The number of nitrogens with two attached hydrogens (primary N) is 1. The first-order valence-corrected chi connectivity index (χ1v) is 5.66. The molecule has 1 aliphatic heterocycles. The van der Waals surface area contributed by atoms with Crippen molar-refractivity contribution >= 4 is 23.2 Å². The topological polar surface area (TPSA) is 84.7 Å². The molecule has 6 heteroatoms. The summed E-state index contributed by atoms with van der Waals surface area (Å²) in [6.07, 6.45) is 0. The van der Waals surface area contributed by atoms with Crippen LogP contribution in [0.4, 0.5) is 11.4 Å². The Morgan fingerprint density at radius 2 is 2.22 bits per heavy atom. The zero-order valence-electron chi connectivity index (χ0n) is 9.89. The molecule has 1 aliphatic rings. The summed E-state index contributed by atoms with van der Waals surface area (Å²) in [6.45, 7) is 0.973. The van der Waals surface area contributed by atoms with Crippen molar-refractivity contribution < 1.29 is 14.3 Å². The van der Waals surface area contributed by atoms with E-state index in [4.69, 9.17) is 10.5 Å². The number of hydrogen-bond donors (Lipinski definition) is 2. The summed E-state index contributed by atoms with van der Waals surface area (Å²) in [6, 6.07) is 6.99. The van der Waals surface area contributed by atoms with Crippen molar-refractivity contribution in [3.63, 3.8) is 0 Å². The highest BCUT2D eigenvalue weighted by atomic mass is 16.5. The Morgan fingerprint density at radius 3 is 2.94 bits per heavy atom. The van der Waals surface area contributed by atoms with Crippen LogP contribution in [0.2, 0.25) is 0 Å². The molecule has 18 heavy (non-hydrogen) atoms. The van der Waals surface area contributed by atoms with Gasteiger partial charge in [0.25, 0.3) is 0 Å². The Balaban J connectivity index is 1.92. The number of nitrogens with one attached hydrogen (secondary N) is 1. The molecule has 96 valence electrons. The van der Waals surface area contributed by atoms with Gasteiger partial charge in [0.15, 0.2) is 0 Å². The van der Waals surface area contributed by atoms with Crippen LogP contribution >= 0.6 is 0 Å². The second-order valence-corrected chi connectivity index (χ2v) is 4.00. The number of carbonyl (C=O) groups is 2. The van der Waals surface area contributed by atoms with Gasteiger partial charge in [-0.1, -0.05) is 12.1 Å². The van der Waals surface area contributed by atoms with Crippen LogP contribution in [0.15, 0.2) is 24.3 Å². The first-order valence-electron chi connectivity index (χ1n) is 5.66. The summed E-state index contributed by atoms with van der Waals surface area (Å²) in [5.74, 6) is -0.430. The predicted molar refractivity (Wildman–Crippen MR) is 66.9 cm³/mol. The van der Waals surface area contributed by atoms with Crippen LogP contribution in [0.25, 0.3) is 0 Å². The molecule has 1 fully saturated rings. The molecule has 0 aromatic heterocycles. The molecule has 3 N–H and O–H groups in total. The molecule has 1 heterocycles. The van der Waals surface area contributed by atoms with Crippen LogP contribution in [0.5, 0.6) is 0 Å². The Hall–Kier alpha value is -2.08. The average Bonchev–Trinajstić information content (AvgIpc) is 2.35. The van der Waals surface area contributed by atoms with E-state index in [1.807, 2.05) is 0 Å². The molecular weight excluding hydrogens is 234 g/mol. The summed E-state index contributed by atoms with van der Waals surface area (Å²) in [7, 11) is 0. The number of carbonyl (C=O) groups excluding carboxylic acids is 2. The average molecular weight is 249 g/mol. The number of hydrogen-bond acceptors (Lipinski definition) is 4. The lowest BCUT2D eigenvalue weighted by Crippen LogP contribution is -2.45. The van der Waals surface area contributed by atoms with E-state index < -0.39 is 0 Å². The molecule has 1 aromatic rings. The third-order valence-electron chi connectivity index (χ3n) is 2.65. The van der Waals surface area contributed by atoms with Crippen LogP contribution in [0.1, 0.15) is 0 Å². The highest BCUT2D eigenvalue weighted by Crippen LogP contribution is 2.16. The third kappa shape index (κ3) is 2.98. The van der Waals surface area contributed by atoms with Gasteiger partial charge < -0.3 is 20.7 Å². The number of amides is 2. The molecule has 0 spiro atoms. The van der Waals surface area contributed by atoms with Gasteiger partial charge in [-0.15, -0.1) is 0 Å². The first-order chi connectivity index (χ1) is 8.66. The number of anilines is 2. The monoisotopic (exact) mass is 249 g/mol. The lowest BCUT2D eigenvalue weighted by Gasteiger charge is -2.26. The number of morpholine rings is 1. The minimum atomic E-state index is -0.261. The van der Waals surface area contributed by atoms with Crippen molar-refractivity contribution in [2.24, 2.45) is 0 Å². The minimum absolute atomic E-state index is 0.0243. The second-order valence-electron chi connectivity index (χ2n) is 4.00. The molecule has 0 unspecified atom stereocenters. The van der Waals surface area contributed by atoms with Crippen LogP contribution in [-0.2, 0) is 14.3 Å². The molecule has 2 amide bonds. The van der Waals surface area contributed by atoms with Gasteiger partial charge in [0.05, 0.1) is 18.0 Å². The smallest absolute Gasteiger partial charge is 0.249 e. The molecular formula is C12H15N3O3. The van der Waals surface area contributed by atoms with Crippen LogP contribution in [-0.4, -0.2) is 43.0 Å². The molecule has 1 saturated heterocycles. The maximum Gasteiger partial charge on any atom is 0.249 e. The van der Waals surface area contributed by atoms with Gasteiger partial charge in [-0.25, -0.2) is 0 Å². The van der Waals surface area contributed by atoms with E-state index in [1.54, 1.807) is 24.3 Å². The number of ether oxygens (including phenoxy) is 1. The van der Waals surface area contributed by atoms with Crippen molar-refractivity contribution in [1.82, 2.24) is 4.90 Å². The Labute approximate surface area is 105 Å². The van der Waals surface area contributed by atoms with Crippen molar-refractivity contribution in [3.8, 4) is 0 Å². The Kier molecular flexibility index (Phi) is 3.78. The number of nitrogens with zero attached hydrogens (tertiary/aromatic N) is 1. The summed E-state index contributed by atoms with van der Waals surface area (Å²) in [5.41, 5.74) is 6.77. The quantitative estimate of drug-likeness (QED) is 0.742. The fourth-order valence-electron chi connectivity index (χ4n) is 1.69. The van der Waals surface area contributed by atoms with Crippen molar-refractivity contribution in [1.29, 1.82) is 0 Å². The molecule has 1 aromatic carbocycles. The van der Waals surface area contributed by atoms with Crippen LogP contribution < -0.4 is 11.1 Å². The van der Waals surface area contributed by atoms with E-state index in [9.17, 15) is 9.59 Å². The highest BCUT2D eigenvalue weighted by Gasteiger charge is 2.21. The molecule has 0 bridgehead atoms. The lowest BCUT2D eigenvalue weighted by atomic mass is 10.2. The SMILES string of the molecule is Nc1ccccc1NC(=O)CN1CCOCC1=O. The van der Waals surface area contributed by atoms with Gasteiger partial charge in [0, 0.05) is 6.54 Å².